The number of carboxylic acids is 1. The van der Waals surface area contributed by atoms with Gasteiger partial charge in [0.2, 0.25) is 5.91 Å². The average Bonchev–Trinajstić information content (AvgIpc) is 2.17. The van der Waals surface area contributed by atoms with E-state index in [1.54, 1.807) is 6.07 Å². The lowest BCUT2D eigenvalue weighted by molar-refractivity contribution is -0.111. The molecular weight excluding hydrogens is 218 g/mol. The van der Waals surface area contributed by atoms with Gasteiger partial charge < -0.3 is 10.4 Å². The lowest BCUT2D eigenvalue weighted by Crippen LogP contribution is -2.12. The largest absolute Gasteiger partial charge is 0.478 e. The van der Waals surface area contributed by atoms with Gasteiger partial charge in [-0.3, -0.25) is 4.79 Å². The highest BCUT2D eigenvalue weighted by Crippen LogP contribution is 2.24. The van der Waals surface area contributed by atoms with E-state index in [0.717, 1.165) is 6.08 Å². The van der Waals surface area contributed by atoms with Crippen molar-refractivity contribution in [2.75, 3.05) is 5.32 Å². The third-order valence-electron chi connectivity index (χ3n) is 1.67. The van der Waals surface area contributed by atoms with Gasteiger partial charge in [-0.2, -0.15) is 0 Å². The summed E-state index contributed by atoms with van der Waals surface area (Å²) in [5.74, 6) is -1.68. The molecule has 5 heteroatoms. The second kappa shape index (κ2) is 4.61. The summed E-state index contributed by atoms with van der Waals surface area (Å²) in [4.78, 5) is 21.9. The van der Waals surface area contributed by atoms with Gasteiger partial charge in [0.05, 0.1) is 10.7 Å². The third-order valence-corrected chi connectivity index (χ3v) is 1.99. The Morgan fingerprint density at radius 1 is 1.47 bits per heavy atom. The fourth-order valence-electron chi connectivity index (χ4n) is 1.03. The zero-order valence-corrected chi connectivity index (χ0v) is 8.41. The normalized spacial score (nSPS) is 9.40. The van der Waals surface area contributed by atoms with Crippen molar-refractivity contribution in [1.29, 1.82) is 0 Å². The minimum atomic E-state index is -1.19. The van der Waals surface area contributed by atoms with Gasteiger partial charge >= 0.3 is 5.97 Å². The SMILES string of the molecule is C=CC(=O)Nc1cccc(Cl)c1C(=O)O. The van der Waals surface area contributed by atoms with Crippen molar-refractivity contribution < 1.29 is 14.7 Å². The molecule has 0 spiro atoms. The molecule has 15 heavy (non-hydrogen) atoms. The zero-order valence-electron chi connectivity index (χ0n) is 7.66. The molecule has 0 atom stereocenters. The summed E-state index contributed by atoms with van der Waals surface area (Å²) in [6, 6.07) is 4.44. The summed E-state index contributed by atoms with van der Waals surface area (Å²) in [5.41, 5.74) is 0.0225. The number of hydrogen-bond acceptors (Lipinski definition) is 2. The highest BCUT2D eigenvalue weighted by Gasteiger charge is 2.14. The minimum Gasteiger partial charge on any atom is -0.478 e. The molecule has 0 aliphatic rings. The lowest BCUT2D eigenvalue weighted by Gasteiger charge is -2.07. The Hall–Kier alpha value is -1.81. The second-order valence-corrected chi connectivity index (χ2v) is 3.07. The van der Waals surface area contributed by atoms with Crippen molar-refractivity contribution >= 4 is 29.2 Å². The van der Waals surface area contributed by atoms with Crippen LogP contribution in [0.1, 0.15) is 10.4 Å². The first-order chi connectivity index (χ1) is 7.06. The average molecular weight is 226 g/mol. The van der Waals surface area contributed by atoms with Gasteiger partial charge in [0.15, 0.2) is 0 Å². The molecule has 2 N–H and O–H groups in total. The Bertz CT molecular complexity index is 429. The third kappa shape index (κ3) is 2.57. The number of hydrogen-bond donors (Lipinski definition) is 2. The molecule has 0 aliphatic carbocycles. The molecule has 0 saturated carbocycles. The van der Waals surface area contributed by atoms with E-state index in [1.165, 1.54) is 12.1 Å². The molecule has 0 heterocycles. The van der Waals surface area contributed by atoms with Crippen molar-refractivity contribution in [2.24, 2.45) is 0 Å². The number of carbonyl (C=O) groups excluding carboxylic acids is 1. The molecule has 4 nitrogen and oxygen atoms in total. The van der Waals surface area contributed by atoms with Crippen molar-refractivity contribution in [1.82, 2.24) is 0 Å². The standard InChI is InChI=1S/C10H8ClNO3/c1-2-8(13)12-7-5-3-4-6(11)9(7)10(14)15/h2-5H,1H2,(H,12,13)(H,14,15). The molecule has 1 aromatic rings. The van der Waals surface area contributed by atoms with E-state index in [0.29, 0.717) is 0 Å². The summed E-state index contributed by atoms with van der Waals surface area (Å²) in [7, 11) is 0. The number of halogens is 1. The van der Waals surface area contributed by atoms with Crippen molar-refractivity contribution in [3.63, 3.8) is 0 Å². The van der Waals surface area contributed by atoms with E-state index in [2.05, 4.69) is 11.9 Å². The van der Waals surface area contributed by atoms with Crippen LogP contribution >= 0.6 is 11.6 Å². The molecule has 0 saturated heterocycles. The predicted octanol–water partition coefficient (Wildman–Crippen LogP) is 2.16. The minimum absolute atomic E-state index is 0.0735. The monoisotopic (exact) mass is 225 g/mol. The van der Waals surface area contributed by atoms with Crippen LogP contribution < -0.4 is 5.32 Å². The van der Waals surface area contributed by atoms with Crippen molar-refractivity contribution in [2.45, 2.75) is 0 Å². The first kappa shape index (κ1) is 11.3. The van der Waals surface area contributed by atoms with E-state index in [1.807, 2.05) is 0 Å². The fraction of sp³-hybridized carbons (Fsp3) is 0. The van der Waals surface area contributed by atoms with Gasteiger partial charge in [0, 0.05) is 0 Å². The molecule has 1 aromatic carbocycles. The zero-order chi connectivity index (χ0) is 11.4. The number of aromatic carboxylic acids is 1. The van der Waals surface area contributed by atoms with E-state index in [4.69, 9.17) is 16.7 Å². The molecule has 0 radical (unpaired) electrons. The topological polar surface area (TPSA) is 66.4 Å². The Morgan fingerprint density at radius 3 is 2.67 bits per heavy atom. The molecule has 0 unspecified atom stereocenters. The van der Waals surface area contributed by atoms with Crippen LogP contribution in [0.3, 0.4) is 0 Å². The summed E-state index contributed by atoms with van der Waals surface area (Å²) in [5, 5.41) is 11.3. The Kier molecular flexibility index (Phi) is 3.46. The maximum atomic E-state index is 11.0. The van der Waals surface area contributed by atoms with E-state index >= 15 is 0 Å². The number of carbonyl (C=O) groups is 2. The van der Waals surface area contributed by atoms with Gasteiger partial charge in [0.1, 0.15) is 5.56 Å². The summed E-state index contributed by atoms with van der Waals surface area (Å²) < 4.78 is 0. The van der Waals surface area contributed by atoms with Crippen LogP contribution in [0.15, 0.2) is 30.9 Å². The molecule has 0 aliphatic heterocycles. The molecule has 0 fully saturated rings. The molecular formula is C10H8ClNO3. The van der Waals surface area contributed by atoms with Gasteiger partial charge in [-0.15, -0.1) is 0 Å². The molecule has 1 amide bonds. The van der Waals surface area contributed by atoms with Crippen molar-refractivity contribution in [3.05, 3.63) is 41.4 Å². The number of anilines is 1. The number of nitrogens with one attached hydrogen (secondary N) is 1. The first-order valence-corrected chi connectivity index (χ1v) is 4.39. The van der Waals surface area contributed by atoms with E-state index in [9.17, 15) is 9.59 Å². The fourth-order valence-corrected chi connectivity index (χ4v) is 1.28. The Balaban J connectivity index is 3.17. The van der Waals surface area contributed by atoms with Crippen molar-refractivity contribution in [3.8, 4) is 0 Å². The lowest BCUT2D eigenvalue weighted by atomic mass is 10.2. The second-order valence-electron chi connectivity index (χ2n) is 2.66. The molecule has 78 valence electrons. The summed E-state index contributed by atoms with van der Waals surface area (Å²) >= 11 is 5.69. The number of amides is 1. The van der Waals surface area contributed by atoms with Crippen LogP contribution in [-0.4, -0.2) is 17.0 Å². The maximum Gasteiger partial charge on any atom is 0.339 e. The van der Waals surface area contributed by atoms with Crippen LogP contribution in [0.2, 0.25) is 5.02 Å². The highest BCUT2D eigenvalue weighted by molar-refractivity contribution is 6.34. The van der Waals surface area contributed by atoms with E-state index in [-0.39, 0.29) is 16.3 Å². The first-order valence-electron chi connectivity index (χ1n) is 4.01. The summed E-state index contributed by atoms with van der Waals surface area (Å²) in [6.07, 6.45) is 1.05. The Morgan fingerprint density at radius 2 is 2.13 bits per heavy atom. The van der Waals surface area contributed by atoms with Gasteiger partial charge in [-0.1, -0.05) is 24.2 Å². The van der Waals surface area contributed by atoms with Gasteiger partial charge in [-0.25, -0.2) is 4.79 Å². The smallest absolute Gasteiger partial charge is 0.339 e. The van der Waals surface area contributed by atoms with E-state index < -0.39 is 11.9 Å². The van der Waals surface area contributed by atoms with Crippen LogP contribution in [-0.2, 0) is 4.79 Å². The van der Waals surface area contributed by atoms with Crippen LogP contribution in [0, 0.1) is 0 Å². The van der Waals surface area contributed by atoms with Crippen LogP contribution in [0.4, 0.5) is 5.69 Å². The highest BCUT2D eigenvalue weighted by atomic mass is 35.5. The summed E-state index contributed by atoms with van der Waals surface area (Å²) in [6.45, 7) is 3.26. The van der Waals surface area contributed by atoms with Crippen LogP contribution in [0.25, 0.3) is 0 Å². The quantitative estimate of drug-likeness (QED) is 0.775. The maximum absolute atomic E-state index is 11.0. The molecule has 1 rings (SSSR count). The van der Waals surface area contributed by atoms with Gasteiger partial charge in [-0.05, 0) is 18.2 Å². The number of carboxylic acid groups (broad SMARTS) is 1. The number of benzene rings is 1. The van der Waals surface area contributed by atoms with Crippen LogP contribution in [0.5, 0.6) is 0 Å². The Labute approximate surface area is 91.2 Å². The predicted molar refractivity (Wildman–Crippen MR) is 57.2 cm³/mol. The van der Waals surface area contributed by atoms with Gasteiger partial charge in [0.25, 0.3) is 0 Å². The number of rotatable bonds is 3. The molecule has 0 bridgehead atoms. The molecule has 0 aromatic heterocycles.